The van der Waals surface area contributed by atoms with Gasteiger partial charge < -0.3 is 10.1 Å². The first-order valence-electron chi connectivity index (χ1n) is 10.1. The van der Waals surface area contributed by atoms with Crippen LogP contribution in [0.5, 0.6) is 5.75 Å². The average Bonchev–Trinajstić information content (AvgIpc) is 3.09. The van der Waals surface area contributed by atoms with Gasteiger partial charge in [0.2, 0.25) is 5.91 Å². The van der Waals surface area contributed by atoms with Crippen LogP contribution in [0.4, 0.5) is 0 Å². The van der Waals surface area contributed by atoms with Gasteiger partial charge in [-0.2, -0.15) is 5.10 Å². The lowest BCUT2D eigenvalue weighted by molar-refractivity contribution is -0.120. The molecule has 0 unspecified atom stereocenters. The molecule has 0 radical (unpaired) electrons. The lowest BCUT2D eigenvalue weighted by atomic mass is 9.79. The first-order chi connectivity index (χ1) is 13.9. The molecule has 1 aromatic heterocycles. The molecule has 2 aromatic carbocycles. The van der Waals surface area contributed by atoms with Crippen LogP contribution in [0.2, 0.25) is 0 Å². The van der Waals surface area contributed by atoms with E-state index in [0.717, 1.165) is 27.7 Å². The average molecular weight is 407 g/mol. The molecule has 1 heterocycles. The van der Waals surface area contributed by atoms with Crippen LogP contribution in [0.3, 0.4) is 0 Å². The Kier molecular flexibility index (Phi) is 5.70. The summed E-state index contributed by atoms with van der Waals surface area (Å²) in [5.41, 5.74) is 7.43. The Bertz CT molecular complexity index is 1100. The first kappa shape index (κ1) is 21.6. The number of aromatic hydroxyl groups is 1. The molecule has 158 valence electrons. The molecule has 30 heavy (non-hydrogen) atoms. The van der Waals surface area contributed by atoms with Crippen LogP contribution in [0, 0.1) is 0 Å². The van der Waals surface area contributed by atoms with E-state index in [2.05, 4.69) is 68.1 Å². The van der Waals surface area contributed by atoms with E-state index < -0.39 is 0 Å². The summed E-state index contributed by atoms with van der Waals surface area (Å²) in [6, 6.07) is 9.63. The molecule has 0 spiro atoms. The molecule has 0 bridgehead atoms. The fourth-order valence-corrected chi connectivity index (χ4v) is 3.25. The van der Waals surface area contributed by atoms with Gasteiger partial charge in [0.1, 0.15) is 5.75 Å². The molecule has 3 N–H and O–H groups in total. The van der Waals surface area contributed by atoms with E-state index in [-0.39, 0.29) is 28.9 Å². The third-order valence-electron chi connectivity index (χ3n) is 5.06. The number of hydrogen-bond donors (Lipinski definition) is 3. The Labute approximate surface area is 177 Å². The van der Waals surface area contributed by atoms with E-state index in [0.29, 0.717) is 5.56 Å². The van der Waals surface area contributed by atoms with Crippen molar-refractivity contribution in [3.63, 3.8) is 0 Å². The lowest BCUT2D eigenvalue weighted by Gasteiger charge is -2.26. The maximum absolute atomic E-state index is 12.3. The Morgan fingerprint density at radius 2 is 1.87 bits per heavy atom. The van der Waals surface area contributed by atoms with Gasteiger partial charge in [0.25, 0.3) is 0 Å². The molecule has 1 amide bonds. The summed E-state index contributed by atoms with van der Waals surface area (Å²) in [6.07, 6.45) is 3.34. The number of H-pyrrole nitrogens is 1. The summed E-state index contributed by atoms with van der Waals surface area (Å²) < 4.78 is 0. The molecule has 6 nitrogen and oxygen atoms in total. The van der Waals surface area contributed by atoms with Crippen LogP contribution < -0.4 is 5.43 Å². The van der Waals surface area contributed by atoms with Crippen LogP contribution in [-0.2, 0) is 22.0 Å². The van der Waals surface area contributed by atoms with E-state index >= 15 is 0 Å². The van der Waals surface area contributed by atoms with Gasteiger partial charge in [0.15, 0.2) is 0 Å². The van der Waals surface area contributed by atoms with Crippen molar-refractivity contribution in [2.45, 2.75) is 58.8 Å². The zero-order valence-electron chi connectivity index (χ0n) is 18.5. The van der Waals surface area contributed by atoms with Gasteiger partial charge >= 0.3 is 0 Å². The predicted octanol–water partition coefficient (Wildman–Crippen LogP) is 4.56. The van der Waals surface area contributed by atoms with Gasteiger partial charge in [-0.1, -0.05) is 53.7 Å². The molecule has 0 saturated heterocycles. The topological polar surface area (TPSA) is 90.4 Å². The Morgan fingerprint density at radius 3 is 2.53 bits per heavy atom. The summed E-state index contributed by atoms with van der Waals surface area (Å²) in [5, 5.41) is 14.9. The second kappa shape index (κ2) is 7.94. The standard InChI is InChI=1S/C24H30N4O2/c1-23(2,3)17-11-16(22(30)18(12-17)24(4,5)6)13-27-28-21(29)10-15-7-8-19-20(9-15)26-14-25-19/h7-9,11-14,30H,10H2,1-6H3,(H,25,26)(H,28,29)/b27-13+. The summed E-state index contributed by atoms with van der Waals surface area (Å²) >= 11 is 0. The van der Waals surface area contributed by atoms with Crippen LogP contribution in [0.25, 0.3) is 11.0 Å². The molecule has 0 saturated carbocycles. The number of nitrogens with one attached hydrogen (secondary N) is 2. The van der Waals surface area contributed by atoms with Crippen LogP contribution in [-0.4, -0.2) is 27.2 Å². The number of phenolic OH excluding ortho intramolecular Hbond substituents is 1. The molecule has 3 aromatic rings. The van der Waals surface area contributed by atoms with Crippen molar-refractivity contribution in [1.82, 2.24) is 15.4 Å². The number of imidazole rings is 1. The van der Waals surface area contributed by atoms with E-state index in [1.54, 1.807) is 6.33 Å². The van der Waals surface area contributed by atoms with Crippen molar-refractivity contribution in [2.24, 2.45) is 5.10 Å². The molecule has 0 atom stereocenters. The summed E-state index contributed by atoms with van der Waals surface area (Å²) in [6.45, 7) is 12.6. The zero-order chi connectivity index (χ0) is 22.1. The highest BCUT2D eigenvalue weighted by Gasteiger charge is 2.24. The maximum atomic E-state index is 12.3. The Hall–Kier alpha value is -3.15. The van der Waals surface area contributed by atoms with Gasteiger partial charge in [-0.3, -0.25) is 4.79 Å². The van der Waals surface area contributed by atoms with Crippen LogP contribution in [0.15, 0.2) is 41.8 Å². The van der Waals surface area contributed by atoms with Gasteiger partial charge in [-0.05, 0) is 40.2 Å². The van der Waals surface area contributed by atoms with E-state index in [9.17, 15) is 9.90 Å². The molecule has 0 aliphatic rings. The third-order valence-corrected chi connectivity index (χ3v) is 5.06. The summed E-state index contributed by atoms with van der Waals surface area (Å²) in [4.78, 5) is 19.5. The maximum Gasteiger partial charge on any atom is 0.244 e. The monoisotopic (exact) mass is 406 g/mol. The van der Waals surface area contributed by atoms with Crippen molar-refractivity contribution < 1.29 is 9.90 Å². The van der Waals surface area contributed by atoms with Gasteiger partial charge in [-0.25, -0.2) is 10.4 Å². The number of fused-ring (bicyclic) bond motifs is 1. The third kappa shape index (κ3) is 4.87. The zero-order valence-corrected chi connectivity index (χ0v) is 18.5. The van der Waals surface area contributed by atoms with Crippen molar-refractivity contribution in [2.75, 3.05) is 0 Å². The van der Waals surface area contributed by atoms with E-state index in [4.69, 9.17) is 0 Å². The molecule has 3 rings (SSSR count). The molecule has 0 aliphatic heterocycles. The van der Waals surface area contributed by atoms with Gasteiger partial charge in [0, 0.05) is 11.1 Å². The first-order valence-corrected chi connectivity index (χ1v) is 10.1. The van der Waals surface area contributed by atoms with Gasteiger partial charge in [0.05, 0.1) is 30.0 Å². The van der Waals surface area contributed by atoms with Gasteiger partial charge in [-0.15, -0.1) is 0 Å². The Morgan fingerprint density at radius 1 is 1.13 bits per heavy atom. The minimum absolute atomic E-state index is 0.0785. The number of amides is 1. The second-order valence-electron chi connectivity index (χ2n) is 9.69. The van der Waals surface area contributed by atoms with E-state index in [1.165, 1.54) is 6.21 Å². The molecular formula is C24H30N4O2. The fourth-order valence-electron chi connectivity index (χ4n) is 3.25. The van der Waals surface area contributed by atoms with Crippen molar-refractivity contribution >= 4 is 23.2 Å². The number of nitrogens with zero attached hydrogens (tertiary/aromatic N) is 2. The fraction of sp³-hybridized carbons (Fsp3) is 0.375. The number of hydrogen-bond acceptors (Lipinski definition) is 4. The van der Waals surface area contributed by atoms with Crippen LogP contribution in [0.1, 0.15) is 63.8 Å². The highest BCUT2D eigenvalue weighted by atomic mass is 16.3. The molecule has 6 heteroatoms. The number of benzene rings is 2. The van der Waals surface area contributed by atoms with E-state index in [1.807, 2.05) is 24.3 Å². The largest absolute Gasteiger partial charge is 0.507 e. The Balaban J connectivity index is 1.78. The summed E-state index contributed by atoms with van der Waals surface area (Å²) in [7, 11) is 0. The minimum atomic E-state index is -0.229. The smallest absolute Gasteiger partial charge is 0.244 e. The van der Waals surface area contributed by atoms with Crippen LogP contribution >= 0.6 is 0 Å². The van der Waals surface area contributed by atoms with Crippen molar-refractivity contribution in [1.29, 1.82) is 0 Å². The number of rotatable bonds is 4. The SMILES string of the molecule is CC(C)(C)c1cc(/C=N/NC(=O)Cc2ccc3nc[nH]c3c2)c(O)c(C(C)(C)C)c1. The highest BCUT2D eigenvalue weighted by Crippen LogP contribution is 2.37. The number of carbonyl (C=O) groups is 1. The number of aromatic amines is 1. The minimum Gasteiger partial charge on any atom is -0.507 e. The number of phenols is 1. The number of aromatic nitrogens is 2. The normalized spacial score (nSPS) is 12.6. The van der Waals surface area contributed by atoms with Crippen molar-refractivity contribution in [3.8, 4) is 5.75 Å². The highest BCUT2D eigenvalue weighted by molar-refractivity contribution is 5.87. The van der Waals surface area contributed by atoms with Crippen molar-refractivity contribution in [3.05, 3.63) is 58.9 Å². The second-order valence-corrected chi connectivity index (χ2v) is 9.69. The molecule has 0 fully saturated rings. The summed E-state index contributed by atoms with van der Waals surface area (Å²) in [5.74, 6) is -0.0363. The quantitative estimate of drug-likeness (QED) is 0.438. The molecule has 0 aliphatic carbocycles. The lowest BCUT2D eigenvalue weighted by Crippen LogP contribution is -2.20. The number of hydrazone groups is 1. The number of carbonyl (C=O) groups excluding carboxylic acids is 1. The predicted molar refractivity (Wildman–Crippen MR) is 121 cm³/mol. The molecular weight excluding hydrogens is 376 g/mol.